The van der Waals surface area contributed by atoms with Crippen molar-refractivity contribution in [3.63, 3.8) is 0 Å². The predicted molar refractivity (Wildman–Crippen MR) is 61.1 cm³/mol. The van der Waals surface area contributed by atoms with Crippen LogP contribution in [-0.4, -0.2) is 17.0 Å². The summed E-state index contributed by atoms with van der Waals surface area (Å²) in [5.74, 6) is 0. The van der Waals surface area contributed by atoms with Crippen LogP contribution in [0.2, 0.25) is 0 Å². The summed E-state index contributed by atoms with van der Waals surface area (Å²) in [5.41, 5.74) is 2.85. The molecular formula is C13H21N. The van der Waals surface area contributed by atoms with Gasteiger partial charge in [0.25, 0.3) is 0 Å². The SMILES string of the molecule is CC(C)=C/C=C(\C)N(C1CC1)C1CC1. The predicted octanol–water partition coefficient (Wildman–Crippen LogP) is 3.48. The van der Waals surface area contributed by atoms with Gasteiger partial charge in [0.2, 0.25) is 0 Å². The standard InChI is InChI=1S/C13H21N/c1-10(2)4-5-11(3)14(12-6-7-12)13-8-9-13/h4-5,12-13H,6-9H2,1-3H3/b11-5+. The van der Waals surface area contributed by atoms with Gasteiger partial charge in [-0.15, -0.1) is 0 Å². The molecule has 0 saturated heterocycles. The van der Waals surface area contributed by atoms with Crippen LogP contribution in [0, 0.1) is 0 Å². The average Bonchev–Trinajstić information content (AvgIpc) is 2.94. The molecule has 0 aromatic carbocycles. The minimum Gasteiger partial charge on any atom is -0.369 e. The molecule has 0 bridgehead atoms. The molecule has 2 rings (SSSR count). The number of rotatable bonds is 4. The number of hydrogen-bond acceptors (Lipinski definition) is 1. The van der Waals surface area contributed by atoms with E-state index in [4.69, 9.17) is 0 Å². The van der Waals surface area contributed by atoms with Crippen LogP contribution in [-0.2, 0) is 0 Å². The van der Waals surface area contributed by atoms with E-state index in [1.807, 2.05) is 0 Å². The molecule has 2 aliphatic rings. The Balaban J connectivity index is 2.02. The van der Waals surface area contributed by atoms with Crippen molar-refractivity contribution in [2.24, 2.45) is 0 Å². The third-order valence-corrected chi connectivity index (χ3v) is 2.95. The molecule has 0 radical (unpaired) electrons. The van der Waals surface area contributed by atoms with Gasteiger partial charge in [-0.05, 0) is 52.5 Å². The van der Waals surface area contributed by atoms with Gasteiger partial charge in [-0.3, -0.25) is 0 Å². The fraction of sp³-hybridized carbons (Fsp3) is 0.692. The quantitative estimate of drug-likeness (QED) is 0.615. The maximum Gasteiger partial charge on any atom is 0.0291 e. The Morgan fingerprint density at radius 3 is 1.79 bits per heavy atom. The highest BCUT2D eigenvalue weighted by Crippen LogP contribution is 2.39. The van der Waals surface area contributed by atoms with Crippen LogP contribution in [0.1, 0.15) is 46.5 Å². The number of allylic oxidation sites excluding steroid dienone is 4. The van der Waals surface area contributed by atoms with E-state index in [-0.39, 0.29) is 0 Å². The van der Waals surface area contributed by atoms with Gasteiger partial charge in [0, 0.05) is 17.8 Å². The van der Waals surface area contributed by atoms with Gasteiger partial charge in [0.05, 0.1) is 0 Å². The van der Waals surface area contributed by atoms with Crippen LogP contribution in [0.15, 0.2) is 23.4 Å². The Bertz CT molecular complexity index is 251. The summed E-state index contributed by atoms with van der Waals surface area (Å²) >= 11 is 0. The molecule has 1 heteroatoms. The van der Waals surface area contributed by atoms with Crippen LogP contribution in [0.25, 0.3) is 0 Å². The first kappa shape index (κ1) is 9.82. The van der Waals surface area contributed by atoms with Gasteiger partial charge in [-0.1, -0.05) is 11.6 Å². The molecule has 0 atom stereocenters. The topological polar surface area (TPSA) is 3.24 Å². The van der Waals surface area contributed by atoms with Crippen LogP contribution >= 0.6 is 0 Å². The van der Waals surface area contributed by atoms with Crippen molar-refractivity contribution >= 4 is 0 Å². The van der Waals surface area contributed by atoms with Crippen LogP contribution in [0.3, 0.4) is 0 Å². The smallest absolute Gasteiger partial charge is 0.0291 e. The molecule has 14 heavy (non-hydrogen) atoms. The molecule has 1 nitrogen and oxygen atoms in total. The molecule has 0 unspecified atom stereocenters. The summed E-state index contributed by atoms with van der Waals surface area (Å²) in [4.78, 5) is 2.65. The molecule has 0 heterocycles. The lowest BCUT2D eigenvalue weighted by Crippen LogP contribution is -2.26. The van der Waals surface area contributed by atoms with Gasteiger partial charge in [-0.25, -0.2) is 0 Å². The zero-order valence-electron chi connectivity index (χ0n) is 9.59. The fourth-order valence-corrected chi connectivity index (χ4v) is 1.95. The minimum atomic E-state index is 0.879. The van der Waals surface area contributed by atoms with E-state index in [0.717, 1.165) is 12.1 Å². The van der Waals surface area contributed by atoms with E-state index in [0.29, 0.717) is 0 Å². The van der Waals surface area contributed by atoms with Crippen LogP contribution < -0.4 is 0 Å². The van der Waals surface area contributed by atoms with Gasteiger partial charge in [-0.2, -0.15) is 0 Å². The Hall–Kier alpha value is -0.720. The second-order valence-corrected chi connectivity index (χ2v) is 4.92. The zero-order chi connectivity index (χ0) is 10.1. The molecule has 0 aromatic rings. The number of nitrogens with zero attached hydrogens (tertiary/aromatic N) is 1. The highest BCUT2D eigenvalue weighted by atomic mass is 15.2. The number of hydrogen-bond donors (Lipinski definition) is 0. The molecule has 2 saturated carbocycles. The summed E-state index contributed by atoms with van der Waals surface area (Å²) in [7, 11) is 0. The van der Waals surface area contributed by atoms with E-state index in [1.54, 1.807) is 0 Å². The maximum absolute atomic E-state index is 2.65. The Kier molecular flexibility index (Phi) is 2.66. The van der Waals surface area contributed by atoms with Crippen LogP contribution in [0.4, 0.5) is 0 Å². The first-order valence-corrected chi connectivity index (χ1v) is 5.78. The van der Waals surface area contributed by atoms with Crippen LogP contribution in [0.5, 0.6) is 0 Å². The summed E-state index contributed by atoms with van der Waals surface area (Å²) in [6.07, 6.45) is 10.2. The summed E-state index contributed by atoms with van der Waals surface area (Å²) < 4.78 is 0. The Morgan fingerprint density at radius 2 is 1.43 bits per heavy atom. The Morgan fingerprint density at radius 1 is 0.929 bits per heavy atom. The lowest BCUT2D eigenvalue weighted by molar-refractivity contribution is 0.324. The van der Waals surface area contributed by atoms with Crippen molar-refractivity contribution in [1.29, 1.82) is 0 Å². The van der Waals surface area contributed by atoms with Crippen molar-refractivity contribution in [3.8, 4) is 0 Å². The van der Waals surface area contributed by atoms with Gasteiger partial charge in [0.1, 0.15) is 0 Å². The summed E-state index contributed by atoms with van der Waals surface area (Å²) in [5, 5.41) is 0. The molecule has 0 aromatic heterocycles. The van der Waals surface area contributed by atoms with E-state index >= 15 is 0 Å². The maximum atomic E-state index is 2.65. The van der Waals surface area contributed by atoms with Crippen molar-refractivity contribution in [3.05, 3.63) is 23.4 Å². The van der Waals surface area contributed by atoms with Gasteiger partial charge >= 0.3 is 0 Å². The Labute approximate surface area is 87.5 Å². The first-order chi connectivity index (χ1) is 6.68. The third kappa shape index (κ3) is 2.40. The second kappa shape index (κ2) is 3.80. The molecule has 2 fully saturated rings. The van der Waals surface area contributed by atoms with Gasteiger partial charge < -0.3 is 4.90 Å². The van der Waals surface area contributed by atoms with E-state index < -0.39 is 0 Å². The molecule has 0 aliphatic heterocycles. The van der Waals surface area contributed by atoms with Gasteiger partial charge in [0.15, 0.2) is 0 Å². The molecule has 0 amide bonds. The van der Waals surface area contributed by atoms with E-state index in [9.17, 15) is 0 Å². The van der Waals surface area contributed by atoms with Crippen molar-refractivity contribution in [2.75, 3.05) is 0 Å². The fourth-order valence-electron chi connectivity index (χ4n) is 1.95. The van der Waals surface area contributed by atoms with E-state index in [2.05, 4.69) is 37.8 Å². The lowest BCUT2D eigenvalue weighted by Gasteiger charge is -2.24. The molecule has 78 valence electrons. The molecule has 0 spiro atoms. The minimum absolute atomic E-state index is 0.879. The summed E-state index contributed by atoms with van der Waals surface area (Å²) in [6, 6.07) is 1.76. The normalized spacial score (nSPS) is 22.1. The first-order valence-electron chi connectivity index (χ1n) is 5.78. The molecular weight excluding hydrogens is 170 g/mol. The molecule has 0 N–H and O–H groups in total. The second-order valence-electron chi connectivity index (χ2n) is 4.92. The summed E-state index contributed by atoms with van der Waals surface area (Å²) in [6.45, 7) is 6.57. The highest BCUT2D eigenvalue weighted by Gasteiger charge is 2.38. The van der Waals surface area contributed by atoms with Crippen molar-refractivity contribution in [2.45, 2.75) is 58.5 Å². The zero-order valence-corrected chi connectivity index (χ0v) is 9.59. The third-order valence-electron chi connectivity index (χ3n) is 2.95. The average molecular weight is 191 g/mol. The van der Waals surface area contributed by atoms with Crippen molar-refractivity contribution < 1.29 is 0 Å². The van der Waals surface area contributed by atoms with E-state index in [1.165, 1.54) is 37.0 Å². The largest absolute Gasteiger partial charge is 0.369 e. The highest BCUT2D eigenvalue weighted by molar-refractivity contribution is 5.17. The molecule has 2 aliphatic carbocycles. The van der Waals surface area contributed by atoms with Crippen molar-refractivity contribution in [1.82, 2.24) is 4.90 Å². The monoisotopic (exact) mass is 191 g/mol. The lowest BCUT2D eigenvalue weighted by atomic mass is 10.2.